The number of benzene rings is 1. The fourth-order valence-electron chi connectivity index (χ4n) is 1.91. The maximum Gasteiger partial charge on any atom is 0.250 e. The highest BCUT2D eigenvalue weighted by atomic mass is 79.9. The van der Waals surface area contributed by atoms with Gasteiger partial charge in [0.1, 0.15) is 9.96 Å². The Morgan fingerprint density at radius 3 is 2.38 bits per heavy atom. The average molecular weight is 390 g/mol. The van der Waals surface area contributed by atoms with Crippen LogP contribution in [0.2, 0.25) is 0 Å². The third-order valence-corrected chi connectivity index (χ3v) is 6.62. The van der Waals surface area contributed by atoms with E-state index in [-0.39, 0.29) is 6.04 Å². The molecule has 2 rings (SSSR count). The van der Waals surface area contributed by atoms with E-state index in [1.807, 2.05) is 31.2 Å². The van der Waals surface area contributed by atoms with Crippen LogP contribution in [-0.2, 0) is 10.0 Å². The van der Waals surface area contributed by atoms with Crippen LogP contribution in [0.5, 0.6) is 5.75 Å². The Bertz CT molecular complexity index is 695. The van der Waals surface area contributed by atoms with Gasteiger partial charge in [0, 0.05) is 6.04 Å². The lowest BCUT2D eigenvalue weighted by molar-refractivity contribution is 0.414. The highest BCUT2D eigenvalue weighted by molar-refractivity contribution is 9.11. The molecule has 0 radical (unpaired) electrons. The molecule has 7 heteroatoms. The van der Waals surface area contributed by atoms with Gasteiger partial charge in [-0.15, -0.1) is 11.3 Å². The first-order chi connectivity index (χ1) is 9.96. The fourth-order valence-corrected chi connectivity index (χ4v) is 5.25. The minimum atomic E-state index is -3.51. The van der Waals surface area contributed by atoms with Crippen molar-refractivity contribution >= 4 is 37.3 Å². The number of thiophene rings is 1. The van der Waals surface area contributed by atoms with Gasteiger partial charge in [-0.25, -0.2) is 13.1 Å². The molecule has 0 spiro atoms. The quantitative estimate of drug-likeness (QED) is 0.813. The topological polar surface area (TPSA) is 55.4 Å². The van der Waals surface area contributed by atoms with Gasteiger partial charge in [-0.05, 0) is 52.2 Å². The minimum absolute atomic E-state index is 0.262. The normalized spacial score (nSPS) is 13.1. The molecule has 0 saturated carbocycles. The Balaban J connectivity index is 2.21. The van der Waals surface area contributed by atoms with E-state index in [0.29, 0.717) is 10.6 Å². The van der Waals surface area contributed by atoms with Crippen LogP contribution in [0.1, 0.15) is 24.9 Å². The van der Waals surface area contributed by atoms with E-state index in [1.165, 1.54) is 11.3 Å². The molecule has 0 saturated heterocycles. The van der Waals surface area contributed by atoms with Gasteiger partial charge in [-0.1, -0.05) is 19.1 Å². The summed E-state index contributed by atoms with van der Waals surface area (Å²) in [5.41, 5.74) is 0.914. The molecule has 0 aliphatic carbocycles. The molecule has 4 nitrogen and oxygen atoms in total. The van der Waals surface area contributed by atoms with E-state index in [0.717, 1.165) is 15.1 Å². The van der Waals surface area contributed by atoms with Crippen molar-refractivity contribution in [2.45, 2.75) is 23.6 Å². The summed E-state index contributed by atoms with van der Waals surface area (Å²) in [6, 6.07) is 10.5. The van der Waals surface area contributed by atoms with Crippen LogP contribution in [0.25, 0.3) is 0 Å². The summed E-state index contributed by atoms with van der Waals surface area (Å²) < 4.78 is 33.7. The average Bonchev–Trinajstić information content (AvgIpc) is 2.92. The molecule has 1 atom stereocenters. The van der Waals surface area contributed by atoms with Crippen molar-refractivity contribution in [2.24, 2.45) is 0 Å². The van der Waals surface area contributed by atoms with E-state index in [1.54, 1.807) is 19.2 Å². The van der Waals surface area contributed by atoms with E-state index in [4.69, 9.17) is 4.74 Å². The van der Waals surface area contributed by atoms with Crippen LogP contribution in [-0.4, -0.2) is 15.5 Å². The first-order valence-corrected chi connectivity index (χ1v) is 9.47. The number of sulfonamides is 1. The van der Waals surface area contributed by atoms with Gasteiger partial charge in [0.25, 0.3) is 10.0 Å². The first-order valence-electron chi connectivity index (χ1n) is 6.38. The summed E-state index contributed by atoms with van der Waals surface area (Å²) in [6.45, 7) is 1.95. The third kappa shape index (κ3) is 4.06. The number of ether oxygens (including phenoxy) is 1. The summed E-state index contributed by atoms with van der Waals surface area (Å²) in [5.74, 6) is 0.749. The van der Waals surface area contributed by atoms with Crippen molar-refractivity contribution in [3.63, 3.8) is 0 Å². The van der Waals surface area contributed by atoms with Crippen molar-refractivity contribution in [3.05, 3.63) is 45.7 Å². The summed E-state index contributed by atoms with van der Waals surface area (Å²) >= 11 is 4.48. The van der Waals surface area contributed by atoms with Crippen LogP contribution in [0.4, 0.5) is 0 Å². The van der Waals surface area contributed by atoms with Crippen molar-refractivity contribution < 1.29 is 13.2 Å². The van der Waals surface area contributed by atoms with Gasteiger partial charge >= 0.3 is 0 Å². The number of hydrogen-bond acceptors (Lipinski definition) is 4. The second-order valence-electron chi connectivity index (χ2n) is 4.41. The maximum absolute atomic E-state index is 12.4. The van der Waals surface area contributed by atoms with Gasteiger partial charge in [0.2, 0.25) is 0 Å². The van der Waals surface area contributed by atoms with E-state index in [9.17, 15) is 8.42 Å². The first kappa shape index (κ1) is 16.5. The van der Waals surface area contributed by atoms with Crippen LogP contribution in [0.15, 0.2) is 44.4 Å². The fraction of sp³-hybridized carbons (Fsp3) is 0.286. The number of nitrogens with one attached hydrogen (secondary N) is 1. The molecule has 1 aromatic carbocycles. The van der Waals surface area contributed by atoms with E-state index < -0.39 is 10.0 Å². The van der Waals surface area contributed by atoms with Gasteiger partial charge < -0.3 is 4.74 Å². The highest BCUT2D eigenvalue weighted by Gasteiger charge is 2.21. The molecular formula is C14H16BrNO3S2. The highest BCUT2D eigenvalue weighted by Crippen LogP contribution is 2.28. The molecule has 1 N–H and O–H groups in total. The zero-order chi connectivity index (χ0) is 15.5. The summed E-state index contributed by atoms with van der Waals surface area (Å²) in [7, 11) is -1.91. The summed E-state index contributed by atoms with van der Waals surface area (Å²) in [4.78, 5) is 0. The zero-order valence-corrected chi connectivity index (χ0v) is 14.9. The lowest BCUT2D eigenvalue weighted by Gasteiger charge is -2.17. The Hall–Kier alpha value is -0.890. The van der Waals surface area contributed by atoms with E-state index >= 15 is 0 Å². The molecule has 1 aromatic heterocycles. The number of rotatable bonds is 6. The largest absolute Gasteiger partial charge is 0.497 e. The lowest BCUT2D eigenvalue weighted by atomic mass is 10.1. The summed E-state index contributed by atoms with van der Waals surface area (Å²) in [6.07, 6.45) is 0.665. The molecule has 1 heterocycles. The molecule has 0 amide bonds. The Labute approximate surface area is 137 Å². The predicted octanol–water partition coefficient (Wildman–Crippen LogP) is 3.95. The number of methoxy groups -OCH3 is 1. The molecular weight excluding hydrogens is 374 g/mol. The molecule has 0 unspecified atom stereocenters. The molecule has 0 aliphatic rings. The molecule has 2 aromatic rings. The molecule has 21 heavy (non-hydrogen) atoms. The van der Waals surface area contributed by atoms with Crippen LogP contribution < -0.4 is 9.46 Å². The number of halogens is 1. The van der Waals surface area contributed by atoms with Crippen molar-refractivity contribution in [2.75, 3.05) is 7.11 Å². The minimum Gasteiger partial charge on any atom is -0.497 e. The standard InChI is InChI=1S/C14H16BrNO3S2/c1-3-12(10-4-6-11(19-2)7-5-10)16-21(17,18)14-9-8-13(15)20-14/h4-9,12,16H,3H2,1-2H3/t12-/m1/s1. The van der Waals surface area contributed by atoms with Crippen LogP contribution >= 0.6 is 27.3 Å². The van der Waals surface area contributed by atoms with Gasteiger partial charge in [-0.3, -0.25) is 0 Å². The Morgan fingerprint density at radius 1 is 1.24 bits per heavy atom. The Morgan fingerprint density at radius 2 is 1.90 bits per heavy atom. The molecule has 0 bridgehead atoms. The third-order valence-electron chi connectivity index (χ3n) is 3.04. The second-order valence-corrected chi connectivity index (χ2v) is 8.82. The number of hydrogen-bond donors (Lipinski definition) is 1. The predicted molar refractivity (Wildman–Crippen MR) is 88.4 cm³/mol. The van der Waals surface area contributed by atoms with Crippen molar-refractivity contribution in [1.29, 1.82) is 0 Å². The smallest absolute Gasteiger partial charge is 0.250 e. The molecule has 0 aliphatic heterocycles. The maximum atomic E-state index is 12.4. The SMILES string of the molecule is CC[C@@H](NS(=O)(=O)c1ccc(Br)s1)c1ccc(OC)cc1. The monoisotopic (exact) mass is 389 g/mol. The van der Waals surface area contributed by atoms with Gasteiger partial charge in [0.05, 0.1) is 10.9 Å². The van der Waals surface area contributed by atoms with Crippen LogP contribution in [0.3, 0.4) is 0 Å². The van der Waals surface area contributed by atoms with Gasteiger partial charge in [-0.2, -0.15) is 0 Å². The van der Waals surface area contributed by atoms with Crippen molar-refractivity contribution in [3.8, 4) is 5.75 Å². The molecule has 0 fully saturated rings. The van der Waals surface area contributed by atoms with Crippen LogP contribution in [0, 0.1) is 0 Å². The lowest BCUT2D eigenvalue weighted by Crippen LogP contribution is -2.27. The Kier molecular flexibility index (Phi) is 5.43. The second kappa shape index (κ2) is 6.91. The van der Waals surface area contributed by atoms with Crippen molar-refractivity contribution in [1.82, 2.24) is 4.72 Å². The van der Waals surface area contributed by atoms with E-state index in [2.05, 4.69) is 20.7 Å². The summed E-state index contributed by atoms with van der Waals surface area (Å²) in [5, 5.41) is 0. The molecule has 114 valence electrons. The zero-order valence-electron chi connectivity index (χ0n) is 11.7. The van der Waals surface area contributed by atoms with Gasteiger partial charge in [0.15, 0.2) is 0 Å².